The lowest BCUT2D eigenvalue weighted by Gasteiger charge is -2.11. The van der Waals surface area contributed by atoms with Gasteiger partial charge in [-0.3, -0.25) is 4.79 Å². The van der Waals surface area contributed by atoms with Crippen LogP contribution in [0.1, 0.15) is 11.5 Å². The number of nitrogens with one attached hydrogen (secondary N) is 1. The summed E-state index contributed by atoms with van der Waals surface area (Å²) in [7, 11) is 1.37. The fourth-order valence-electron chi connectivity index (χ4n) is 1.87. The monoisotopic (exact) mass is 218 g/mol. The zero-order chi connectivity index (χ0) is 11.5. The first kappa shape index (κ1) is 10.7. The maximum atomic E-state index is 11.6. The lowest BCUT2D eigenvalue weighted by Crippen LogP contribution is -2.22. The van der Waals surface area contributed by atoms with Gasteiger partial charge < -0.3 is 15.5 Å². The molecule has 1 aromatic carbocycles. The molecule has 4 heteroatoms. The fraction of sp³-hybridized carbons (Fsp3) is 0.250. The van der Waals surface area contributed by atoms with E-state index in [1.54, 1.807) is 0 Å². The zero-order valence-electron chi connectivity index (χ0n) is 9.07. The van der Waals surface area contributed by atoms with Gasteiger partial charge >= 0.3 is 5.97 Å². The van der Waals surface area contributed by atoms with Crippen LogP contribution >= 0.6 is 0 Å². The molecule has 0 bridgehead atoms. The normalized spacial score (nSPS) is 12.6. The van der Waals surface area contributed by atoms with Crippen LogP contribution in [0.15, 0.2) is 30.5 Å². The van der Waals surface area contributed by atoms with E-state index < -0.39 is 5.92 Å². The lowest BCUT2D eigenvalue weighted by molar-refractivity contribution is -0.142. The number of hydrogen-bond acceptors (Lipinski definition) is 3. The van der Waals surface area contributed by atoms with Gasteiger partial charge in [0.1, 0.15) is 0 Å². The highest BCUT2D eigenvalue weighted by molar-refractivity contribution is 5.90. The molecule has 0 saturated heterocycles. The number of methoxy groups -OCH3 is 1. The number of fused-ring (bicyclic) bond motifs is 1. The Morgan fingerprint density at radius 1 is 1.50 bits per heavy atom. The van der Waals surface area contributed by atoms with Crippen molar-refractivity contribution in [1.29, 1.82) is 0 Å². The van der Waals surface area contributed by atoms with Gasteiger partial charge in [-0.2, -0.15) is 0 Å². The summed E-state index contributed by atoms with van der Waals surface area (Å²) in [4.78, 5) is 14.7. The van der Waals surface area contributed by atoms with Crippen molar-refractivity contribution in [2.75, 3.05) is 13.7 Å². The summed E-state index contributed by atoms with van der Waals surface area (Å²) in [5.74, 6) is -0.701. The average Bonchev–Trinajstić information content (AvgIpc) is 2.74. The molecule has 84 valence electrons. The van der Waals surface area contributed by atoms with Crippen LogP contribution in [0.4, 0.5) is 0 Å². The van der Waals surface area contributed by atoms with E-state index >= 15 is 0 Å². The smallest absolute Gasteiger partial charge is 0.314 e. The molecule has 4 nitrogen and oxygen atoms in total. The molecule has 2 rings (SSSR count). The molecule has 1 atom stereocenters. The van der Waals surface area contributed by atoms with E-state index in [1.165, 1.54) is 7.11 Å². The van der Waals surface area contributed by atoms with Crippen LogP contribution in [-0.4, -0.2) is 24.6 Å². The standard InChI is InChI=1S/C12H14N2O2/c1-16-12(15)9(6-13)10-7-14-11-5-3-2-4-8(10)11/h2-5,7,9,14H,6,13H2,1H3. The van der Waals surface area contributed by atoms with Gasteiger partial charge in [-0.05, 0) is 11.6 Å². The largest absolute Gasteiger partial charge is 0.469 e. The SMILES string of the molecule is COC(=O)C(CN)c1c[nH]c2ccccc12. The Morgan fingerprint density at radius 3 is 2.94 bits per heavy atom. The minimum absolute atomic E-state index is 0.245. The molecular weight excluding hydrogens is 204 g/mol. The molecule has 0 radical (unpaired) electrons. The topological polar surface area (TPSA) is 68.1 Å². The van der Waals surface area contributed by atoms with E-state index in [0.29, 0.717) is 0 Å². The second-order valence-corrected chi connectivity index (χ2v) is 3.60. The fourth-order valence-corrected chi connectivity index (χ4v) is 1.87. The summed E-state index contributed by atoms with van der Waals surface area (Å²) in [5, 5.41) is 1.02. The van der Waals surface area contributed by atoms with Gasteiger partial charge in [0.15, 0.2) is 0 Å². The molecule has 0 aliphatic carbocycles. The Balaban J connectivity index is 2.49. The quantitative estimate of drug-likeness (QED) is 0.765. The predicted octanol–water partition coefficient (Wildman–Crippen LogP) is 1.38. The average molecular weight is 218 g/mol. The van der Waals surface area contributed by atoms with Gasteiger partial charge in [0, 0.05) is 23.6 Å². The number of rotatable bonds is 3. The molecule has 1 unspecified atom stereocenters. The molecule has 0 fully saturated rings. The van der Waals surface area contributed by atoms with Gasteiger partial charge in [0.05, 0.1) is 13.0 Å². The van der Waals surface area contributed by atoms with E-state index in [0.717, 1.165) is 16.5 Å². The van der Waals surface area contributed by atoms with Gasteiger partial charge in [-0.15, -0.1) is 0 Å². The number of aromatic nitrogens is 1. The number of ether oxygens (including phenoxy) is 1. The number of esters is 1. The summed E-state index contributed by atoms with van der Waals surface area (Å²) >= 11 is 0. The minimum atomic E-state index is -0.402. The van der Waals surface area contributed by atoms with Gasteiger partial charge in [-0.25, -0.2) is 0 Å². The van der Waals surface area contributed by atoms with Crippen molar-refractivity contribution < 1.29 is 9.53 Å². The van der Waals surface area contributed by atoms with Crippen LogP contribution < -0.4 is 5.73 Å². The molecule has 1 heterocycles. The summed E-state index contributed by atoms with van der Waals surface area (Å²) < 4.78 is 4.74. The van der Waals surface area contributed by atoms with E-state index in [4.69, 9.17) is 10.5 Å². The van der Waals surface area contributed by atoms with Crippen molar-refractivity contribution in [3.63, 3.8) is 0 Å². The van der Waals surface area contributed by atoms with Crippen LogP contribution in [0.5, 0.6) is 0 Å². The summed E-state index contributed by atoms with van der Waals surface area (Å²) in [6.45, 7) is 0.245. The van der Waals surface area contributed by atoms with Gasteiger partial charge in [0.25, 0.3) is 0 Å². The number of H-pyrrole nitrogens is 1. The molecule has 2 aromatic rings. The highest BCUT2D eigenvalue weighted by Crippen LogP contribution is 2.25. The molecule has 0 saturated carbocycles. The number of nitrogens with two attached hydrogens (primary N) is 1. The first-order valence-corrected chi connectivity index (χ1v) is 5.12. The van der Waals surface area contributed by atoms with Crippen LogP contribution in [0, 0.1) is 0 Å². The molecule has 16 heavy (non-hydrogen) atoms. The van der Waals surface area contributed by atoms with Crippen LogP contribution in [0.2, 0.25) is 0 Å². The molecule has 3 N–H and O–H groups in total. The minimum Gasteiger partial charge on any atom is -0.469 e. The second kappa shape index (κ2) is 4.37. The predicted molar refractivity (Wildman–Crippen MR) is 62.1 cm³/mol. The van der Waals surface area contributed by atoms with Crippen LogP contribution in [0.3, 0.4) is 0 Å². The highest BCUT2D eigenvalue weighted by Gasteiger charge is 2.22. The molecule has 0 spiro atoms. The van der Waals surface area contributed by atoms with Crippen LogP contribution in [-0.2, 0) is 9.53 Å². The first-order valence-electron chi connectivity index (χ1n) is 5.12. The van der Waals surface area contributed by atoms with Crippen molar-refractivity contribution in [3.8, 4) is 0 Å². The summed E-state index contributed by atoms with van der Waals surface area (Å²) in [6.07, 6.45) is 1.82. The van der Waals surface area contributed by atoms with Crippen molar-refractivity contribution in [2.45, 2.75) is 5.92 Å². The van der Waals surface area contributed by atoms with Crippen molar-refractivity contribution in [3.05, 3.63) is 36.0 Å². The zero-order valence-corrected chi connectivity index (χ0v) is 9.07. The number of carbonyl (C=O) groups excluding carboxylic acids is 1. The van der Waals surface area contributed by atoms with Gasteiger partial charge in [0.2, 0.25) is 0 Å². The Morgan fingerprint density at radius 2 is 2.25 bits per heavy atom. The highest BCUT2D eigenvalue weighted by atomic mass is 16.5. The third-order valence-electron chi connectivity index (χ3n) is 2.72. The molecule has 0 amide bonds. The lowest BCUT2D eigenvalue weighted by atomic mass is 9.99. The van der Waals surface area contributed by atoms with Crippen molar-refractivity contribution in [2.24, 2.45) is 5.73 Å². The number of benzene rings is 1. The summed E-state index contributed by atoms with van der Waals surface area (Å²) in [5.41, 5.74) is 7.51. The molecule has 0 aliphatic rings. The third-order valence-corrected chi connectivity index (χ3v) is 2.72. The van der Waals surface area contributed by atoms with E-state index in [9.17, 15) is 4.79 Å². The molecular formula is C12H14N2O2. The Bertz CT molecular complexity index is 504. The molecule has 0 aliphatic heterocycles. The van der Waals surface area contributed by atoms with Gasteiger partial charge in [-0.1, -0.05) is 18.2 Å². The maximum Gasteiger partial charge on any atom is 0.314 e. The number of aromatic amines is 1. The van der Waals surface area contributed by atoms with E-state index in [1.807, 2.05) is 30.5 Å². The van der Waals surface area contributed by atoms with E-state index in [-0.39, 0.29) is 12.5 Å². The Labute approximate surface area is 93.4 Å². The van der Waals surface area contributed by atoms with E-state index in [2.05, 4.69) is 4.98 Å². The maximum absolute atomic E-state index is 11.6. The number of para-hydroxylation sites is 1. The van der Waals surface area contributed by atoms with Crippen LogP contribution in [0.25, 0.3) is 10.9 Å². The number of hydrogen-bond donors (Lipinski definition) is 2. The summed E-state index contributed by atoms with van der Waals surface area (Å²) in [6, 6.07) is 7.80. The second-order valence-electron chi connectivity index (χ2n) is 3.60. The van der Waals surface area contributed by atoms with Crippen molar-refractivity contribution in [1.82, 2.24) is 4.98 Å². The molecule has 1 aromatic heterocycles. The number of carbonyl (C=O) groups is 1. The third kappa shape index (κ3) is 1.67. The Hall–Kier alpha value is -1.81. The van der Waals surface area contributed by atoms with Crippen molar-refractivity contribution >= 4 is 16.9 Å². The first-order chi connectivity index (χ1) is 7.77. The Kier molecular flexibility index (Phi) is 2.92.